The maximum Gasteiger partial charge on any atom is 0.121 e. The lowest BCUT2D eigenvalue weighted by atomic mass is 10.0. The molecule has 2 rings (SSSR count). The van der Waals surface area contributed by atoms with Crippen molar-refractivity contribution in [2.24, 2.45) is 0 Å². The predicted octanol–water partition coefficient (Wildman–Crippen LogP) is 3.65. The Bertz CT molecular complexity index is 484. The van der Waals surface area contributed by atoms with Gasteiger partial charge in [-0.05, 0) is 50.1 Å². The summed E-state index contributed by atoms with van der Waals surface area (Å²) in [6, 6.07) is 13.1. The van der Waals surface area contributed by atoms with E-state index in [9.17, 15) is 0 Å². The lowest BCUT2D eigenvalue weighted by Gasteiger charge is -2.14. The zero-order valence-corrected chi connectivity index (χ0v) is 11.4. The molecule has 2 heteroatoms. The van der Waals surface area contributed by atoms with E-state index in [1.807, 2.05) is 20.0 Å². The van der Waals surface area contributed by atoms with Crippen LogP contribution in [0.1, 0.15) is 35.6 Å². The highest BCUT2D eigenvalue weighted by Crippen LogP contribution is 2.20. The van der Waals surface area contributed by atoms with Gasteiger partial charge in [0.2, 0.25) is 0 Å². The van der Waals surface area contributed by atoms with E-state index in [1.54, 1.807) is 0 Å². The van der Waals surface area contributed by atoms with Gasteiger partial charge in [-0.1, -0.05) is 31.2 Å². The number of furan rings is 1. The van der Waals surface area contributed by atoms with Crippen molar-refractivity contribution in [1.29, 1.82) is 0 Å². The van der Waals surface area contributed by atoms with Crippen LogP contribution in [0.5, 0.6) is 0 Å². The van der Waals surface area contributed by atoms with Crippen molar-refractivity contribution in [3.8, 4) is 0 Å². The van der Waals surface area contributed by atoms with Crippen LogP contribution in [0.4, 0.5) is 0 Å². The highest BCUT2D eigenvalue weighted by Gasteiger charge is 2.13. The van der Waals surface area contributed by atoms with Crippen LogP contribution < -0.4 is 5.32 Å². The fourth-order valence-electron chi connectivity index (χ4n) is 2.13. The summed E-state index contributed by atoms with van der Waals surface area (Å²) in [5, 5.41) is 3.32. The number of likely N-dealkylation sites (N-methyl/N-ethyl adjacent to an activating group) is 1. The second-order valence-electron chi connectivity index (χ2n) is 4.66. The van der Waals surface area contributed by atoms with E-state index >= 15 is 0 Å². The Balaban J connectivity index is 2.10. The molecule has 1 atom stereocenters. The lowest BCUT2D eigenvalue weighted by molar-refractivity contribution is 0.414. The van der Waals surface area contributed by atoms with E-state index in [0.29, 0.717) is 0 Å². The highest BCUT2D eigenvalue weighted by atomic mass is 16.3. The third kappa shape index (κ3) is 3.02. The molecule has 0 radical (unpaired) electrons. The van der Waals surface area contributed by atoms with E-state index < -0.39 is 0 Å². The predicted molar refractivity (Wildman–Crippen MR) is 74.8 cm³/mol. The molecule has 0 aliphatic heterocycles. The molecule has 1 heterocycles. The lowest BCUT2D eigenvalue weighted by Crippen LogP contribution is -2.18. The highest BCUT2D eigenvalue weighted by molar-refractivity contribution is 5.24. The van der Waals surface area contributed by atoms with Crippen molar-refractivity contribution in [3.63, 3.8) is 0 Å². The first kappa shape index (κ1) is 12.9. The third-order valence-corrected chi connectivity index (χ3v) is 3.32. The molecule has 0 spiro atoms. The summed E-state index contributed by atoms with van der Waals surface area (Å²) in [6.07, 6.45) is 2.04. The Hall–Kier alpha value is -1.54. The number of hydrogen-bond acceptors (Lipinski definition) is 2. The van der Waals surface area contributed by atoms with Crippen molar-refractivity contribution < 1.29 is 4.42 Å². The smallest absolute Gasteiger partial charge is 0.121 e. The van der Waals surface area contributed by atoms with Gasteiger partial charge < -0.3 is 9.73 Å². The number of benzene rings is 1. The monoisotopic (exact) mass is 243 g/mol. The Labute approximate surface area is 109 Å². The minimum atomic E-state index is 0.242. The zero-order chi connectivity index (χ0) is 13.0. The average Bonchev–Trinajstić information content (AvgIpc) is 2.83. The van der Waals surface area contributed by atoms with Gasteiger partial charge in [0.25, 0.3) is 0 Å². The fraction of sp³-hybridized carbons (Fsp3) is 0.375. The van der Waals surface area contributed by atoms with E-state index in [1.165, 1.54) is 11.1 Å². The van der Waals surface area contributed by atoms with Gasteiger partial charge in [0.05, 0.1) is 6.04 Å². The van der Waals surface area contributed by atoms with Crippen molar-refractivity contribution in [2.45, 2.75) is 32.7 Å². The molecule has 0 amide bonds. The van der Waals surface area contributed by atoms with Crippen LogP contribution in [0, 0.1) is 6.92 Å². The Kier molecular flexibility index (Phi) is 4.21. The SMILES string of the molecule is CCc1ccc(CC(NC)c2ccc(C)o2)cc1. The summed E-state index contributed by atoms with van der Waals surface area (Å²) in [6.45, 7) is 4.16. The topological polar surface area (TPSA) is 25.2 Å². The molecule has 0 saturated heterocycles. The molecule has 2 aromatic rings. The van der Waals surface area contributed by atoms with Gasteiger partial charge in [0, 0.05) is 0 Å². The number of nitrogens with one attached hydrogen (secondary N) is 1. The first-order chi connectivity index (χ1) is 8.72. The van der Waals surface area contributed by atoms with Crippen LogP contribution in [0.3, 0.4) is 0 Å². The molecule has 0 bridgehead atoms. The first-order valence-corrected chi connectivity index (χ1v) is 6.54. The van der Waals surface area contributed by atoms with Gasteiger partial charge in [-0.2, -0.15) is 0 Å². The van der Waals surface area contributed by atoms with Gasteiger partial charge in [-0.3, -0.25) is 0 Å². The van der Waals surface area contributed by atoms with Crippen molar-refractivity contribution in [3.05, 3.63) is 59.0 Å². The van der Waals surface area contributed by atoms with Crippen LogP contribution in [0.25, 0.3) is 0 Å². The quantitative estimate of drug-likeness (QED) is 0.867. The van der Waals surface area contributed by atoms with Crippen molar-refractivity contribution in [2.75, 3.05) is 7.05 Å². The summed E-state index contributed by atoms with van der Waals surface area (Å²) in [4.78, 5) is 0. The second-order valence-corrected chi connectivity index (χ2v) is 4.66. The second kappa shape index (κ2) is 5.87. The van der Waals surface area contributed by atoms with Crippen LogP contribution in [0.15, 0.2) is 40.8 Å². The first-order valence-electron chi connectivity index (χ1n) is 6.54. The molecule has 1 aromatic carbocycles. The number of hydrogen-bond donors (Lipinski definition) is 1. The molecule has 0 fully saturated rings. The molecule has 1 N–H and O–H groups in total. The maximum atomic E-state index is 5.69. The summed E-state index contributed by atoms with van der Waals surface area (Å²) in [7, 11) is 1.98. The Morgan fingerprint density at radius 3 is 2.22 bits per heavy atom. The van der Waals surface area contributed by atoms with E-state index in [-0.39, 0.29) is 6.04 Å². The van der Waals surface area contributed by atoms with E-state index in [2.05, 4.69) is 42.6 Å². The zero-order valence-electron chi connectivity index (χ0n) is 11.4. The minimum Gasteiger partial charge on any atom is -0.465 e. The largest absolute Gasteiger partial charge is 0.465 e. The van der Waals surface area contributed by atoms with Crippen LogP contribution in [-0.2, 0) is 12.8 Å². The van der Waals surface area contributed by atoms with Crippen LogP contribution in [0.2, 0.25) is 0 Å². The van der Waals surface area contributed by atoms with Gasteiger partial charge in [-0.15, -0.1) is 0 Å². The average molecular weight is 243 g/mol. The molecular formula is C16H21NO. The van der Waals surface area contributed by atoms with Crippen molar-refractivity contribution in [1.82, 2.24) is 5.32 Å². The Morgan fingerprint density at radius 1 is 1.06 bits per heavy atom. The van der Waals surface area contributed by atoms with Crippen molar-refractivity contribution >= 4 is 0 Å². The molecule has 0 saturated carbocycles. The molecule has 0 aliphatic rings. The van der Waals surface area contributed by atoms with E-state index in [4.69, 9.17) is 4.42 Å². The molecule has 1 unspecified atom stereocenters. The van der Waals surface area contributed by atoms with Gasteiger partial charge in [-0.25, -0.2) is 0 Å². The number of aryl methyl sites for hydroxylation is 2. The fourth-order valence-corrected chi connectivity index (χ4v) is 2.13. The number of rotatable bonds is 5. The standard InChI is InChI=1S/C16H21NO/c1-4-13-6-8-14(9-7-13)11-15(17-3)16-10-5-12(2)18-16/h5-10,15,17H,4,11H2,1-3H3. The molecule has 18 heavy (non-hydrogen) atoms. The Morgan fingerprint density at radius 2 is 1.72 bits per heavy atom. The van der Waals surface area contributed by atoms with Crippen LogP contribution >= 0.6 is 0 Å². The molecule has 1 aromatic heterocycles. The van der Waals surface area contributed by atoms with E-state index in [0.717, 1.165) is 24.4 Å². The summed E-state index contributed by atoms with van der Waals surface area (Å²) < 4.78 is 5.69. The van der Waals surface area contributed by atoms with Gasteiger partial charge in [0.1, 0.15) is 11.5 Å². The summed E-state index contributed by atoms with van der Waals surface area (Å²) >= 11 is 0. The third-order valence-electron chi connectivity index (χ3n) is 3.32. The molecule has 96 valence electrons. The minimum absolute atomic E-state index is 0.242. The molecular weight excluding hydrogens is 222 g/mol. The van der Waals surface area contributed by atoms with Gasteiger partial charge in [0.15, 0.2) is 0 Å². The summed E-state index contributed by atoms with van der Waals surface area (Å²) in [5.74, 6) is 1.97. The van der Waals surface area contributed by atoms with Gasteiger partial charge >= 0.3 is 0 Å². The summed E-state index contributed by atoms with van der Waals surface area (Å²) in [5.41, 5.74) is 2.72. The molecule has 0 aliphatic carbocycles. The normalized spacial score (nSPS) is 12.6. The molecule has 2 nitrogen and oxygen atoms in total. The maximum absolute atomic E-state index is 5.69. The van der Waals surface area contributed by atoms with Crippen LogP contribution in [-0.4, -0.2) is 7.05 Å².